The summed E-state index contributed by atoms with van der Waals surface area (Å²) in [6.45, 7) is 9.80. The molecule has 3 amide bonds. The van der Waals surface area contributed by atoms with Crippen LogP contribution in [-0.4, -0.2) is 53.3 Å². The lowest BCUT2D eigenvalue weighted by molar-refractivity contribution is -0.115. The highest BCUT2D eigenvalue weighted by Crippen LogP contribution is 2.38. The van der Waals surface area contributed by atoms with Crippen LogP contribution in [0.1, 0.15) is 64.4 Å². The van der Waals surface area contributed by atoms with Crippen molar-refractivity contribution < 1.29 is 28.7 Å². The zero-order valence-corrected chi connectivity index (χ0v) is 26.2. The second-order valence-electron chi connectivity index (χ2n) is 11.0. The summed E-state index contributed by atoms with van der Waals surface area (Å²) in [5.41, 5.74) is 2.66. The predicted molar refractivity (Wildman–Crippen MR) is 166 cm³/mol. The molecule has 0 fully saturated rings. The molecule has 0 saturated carbocycles. The molecule has 1 aliphatic rings. The first-order valence-corrected chi connectivity index (χ1v) is 15.2. The molecule has 0 aliphatic carbocycles. The standard InChI is InChI=1S/C31H35N3O6S2/c1-18-9-7-10-20(15-18)27(36)32-21-11-8-12-22(16-21)41-19(2)26(35)33-28-25(29(37)39-6)23-13-14-34(17-24(23)42-28)30(38)40-31(3,4)5/h7-12,15-16,19H,13-14,17H2,1-6H3,(H,32,36)(H,33,35). The normalized spacial score (nSPS) is 13.5. The number of nitrogens with one attached hydrogen (secondary N) is 2. The second kappa shape index (κ2) is 13.0. The van der Waals surface area contributed by atoms with E-state index in [1.165, 1.54) is 30.2 Å². The van der Waals surface area contributed by atoms with Gasteiger partial charge in [0, 0.05) is 27.6 Å². The maximum Gasteiger partial charge on any atom is 0.410 e. The summed E-state index contributed by atoms with van der Waals surface area (Å²) in [6.07, 6.45) is 0.0191. The number of methoxy groups -OCH3 is 1. The molecule has 0 spiro atoms. The number of thiophene rings is 1. The number of nitrogens with zero attached hydrogens (tertiary/aromatic N) is 1. The summed E-state index contributed by atoms with van der Waals surface area (Å²) in [6, 6.07) is 14.6. The molecule has 3 aromatic rings. The van der Waals surface area contributed by atoms with E-state index in [4.69, 9.17) is 9.47 Å². The number of esters is 1. The highest BCUT2D eigenvalue weighted by atomic mass is 32.2. The monoisotopic (exact) mass is 609 g/mol. The van der Waals surface area contributed by atoms with Crippen molar-refractivity contribution in [3.8, 4) is 0 Å². The number of fused-ring (bicyclic) bond motifs is 1. The number of hydrogen-bond acceptors (Lipinski definition) is 8. The first-order valence-electron chi connectivity index (χ1n) is 13.5. The third-order valence-corrected chi connectivity index (χ3v) is 8.62. The van der Waals surface area contributed by atoms with Crippen molar-refractivity contribution in [1.29, 1.82) is 0 Å². The molecule has 0 bridgehead atoms. The van der Waals surface area contributed by atoms with E-state index >= 15 is 0 Å². The molecule has 2 N–H and O–H groups in total. The quantitative estimate of drug-likeness (QED) is 0.232. The van der Waals surface area contributed by atoms with E-state index in [9.17, 15) is 19.2 Å². The number of ether oxygens (including phenoxy) is 2. The van der Waals surface area contributed by atoms with Crippen LogP contribution in [0.25, 0.3) is 0 Å². The minimum absolute atomic E-state index is 0.214. The van der Waals surface area contributed by atoms with Gasteiger partial charge in [0.2, 0.25) is 5.91 Å². The molecule has 42 heavy (non-hydrogen) atoms. The summed E-state index contributed by atoms with van der Waals surface area (Å²) >= 11 is 2.60. The molecule has 1 aliphatic heterocycles. The Morgan fingerprint density at radius 2 is 1.79 bits per heavy atom. The van der Waals surface area contributed by atoms with Gasteiger partial charge in [0.05, 0.1) is 24.5 Å². The Hall–Kier alpha value is -3.83. The topological polar surface area (TPSA) is 114 Å². The van der Waals surface area contributed by atoms with Crippen molar-refractivity contribution in [2.45, 2.75) is 63.3 Å². The number of amides is 3. The fourth-order valence-electron chi connectivity index (χ4n) is 4.40. The molecule has 1 unspecified atom stereocenters. The Kier molecular flexibility index (Phi) is 9.63. The predicted octanol–water partition coefficient (Wildman–Crippen LogP) is 6.51. The number of anilines is 2. The van der Waals surface area contributed by atoms with E-state index < -0.39 is 22.9 Å². The van der Waals surface area contributed by atoms with E-state index in [0.717, 1.165) is 20.9 Å². The molecule has 4 rings (SSSR count). The molecular formula is C31H35N3O6S2. The highest BCUT2D eigenvalue weighted by Gasteiger charge is 2.33. The van der Waals surface area contributed by atoms with Crippen molar-refractivity contribution in [1.82, 2.24) is 4.90 Å². The van der Waals surface area contributed by atoms with E-state index in [2.05, 4.69) is 10.6 Å². The van der Waals surface area contributed by atoms with Gasteiger partial charge in [-0.1, -0.05) is 23.8 Å². The molecule has 0 saturated heterocycles. The maximum atomic E-state index is 13.3. The van der Waals surface area contributed by atoms with E-state index in [1.807, 2.05) is 64.1 Å². The van der Waals surface area contributed by atoms with Crippen LogP contribution in [-0.2, 0) is 27.2 Å². The van der Waals surface area contributed by atoms with Gasteiger partial charge in [0.1, 0.15) is 10.6 Å². The van der Waals surface area contributed by atoms with Crippen molar-refractivity contribution >= 4 is 57.7 Å². The minimum Gasteiger partial charge on any atom is -0.465 e. The van der Waals surface area contributed by atoms with Gasteiger partial charge in [-0.05, 0) is 76.9 Å². The Morgan fingerprint density at radius 3 is 2.48 bits per heavy atom. The van der Waals surface area contributed by atoms with Crippen LogP contribution in [0.5, 0.6) is 0 Å². The van der Waals surface area contributed by atoms with Gasteiger partial charge in [-0.2, -0.15) is 0 Å². The van der Waals surface area contributed by atoms with Crippen LogP contribution >= 0.6 is 23.1 Å². The summed E-state index contributed by atoms with van der Waals surface area (Å²) in [7, 11) is 1.30. The molecule has 9 nitrogen and oxygen atoms in total. The van der Waals surface area contributed by atoms with Crippen molar-refractivity contribution in [2.75, 3.05) is 24.3 Å². The largest absolute Gasteiger partial charge is 0.465 e. The van der Waals surface area contributed by atoms with Gasteiger partial charge in [-0.15, -0.1) is 23.1 Å². The number of benzene rings is 2. The second-order valence-corrected chi connectivity index (χ2v) is 13.5. The van der Waals surface area contributed by atoms with Gasteiger partial charge < -0.3 is 25.0 Å². The molecule has 1 aromatic heterocycles. The Bertz CT molecular complexity index is 1510. The fraction of sp³-hybridized carbons (Fsp3) is 0.355. The molecule has 222 valence electrons. The third kappa shape index (κ3) is 7.71. The third-order valence-electron chi connectivity index (χ3n) is 6.39. The number of thioether (sulfide) groups is 1. The summed E-state index contributed by atoms with van der Waals surface area (Å²) in [5, 5.41) is 5.70. The number of carbonyl (C=O) groups is 4. The molecule has 2 heterocycles. The summed E-state index contributed by atoms with van der Waals surface area (Å²) in [4.78, 5) is 54.5. The lowest BCUT2D eigenvalue weighted by Crippen LogP contribution is -2.39. The zero-order valence-electron chi connectivity index (χ0n) is 24.5. The number of aryl methyl sites for hydroxylation is 1. The van der Waals surface area contributed by atoms with Gasteiger partial charge in [0.15, 0.2) is 0 Å². The molecule has 1 atom stereocenters. The fourth-order valence-corrected chi connectivity index (χ4v) is 6.58. The van der Waals surface area contributed by atoms with Gasteiger partial charge in [0.25, 0.3) is 5.91 Å². The van der Waals surface area contributed by atoms with Crippen LogP contribution < -0.4 is 10.6 Å². The van der Waals surface area contributed by atoms with Crippen LogP contribution in [0.3, 0.4) is 0 Å². The molecule has 11 heteroatoms. The van der Waals surface area contributed by atoms with Gasteiger partial charge in [-0.25, -0.2) is 9.59 Å². The van der Waals surface area contributed by atoms with Gasteiger partial charge >= 0.3 is 12.1 Å². The molecule has 0 radical (unpaired) electrons. The van der Waals surface area contributed by atoms with Crippen molar-refractivity contribution in [3.63, 3.8) is 0 Å². The first-order chi connectivity index (χ1) is 19.8. The lowest BCUT2D eigenvalue weighted by Gasteiger charge is -2.30. The van der Waals surface area contributed by atoms with Crippen LogP contribution in [0.2, 0.25) is 0 Å². The number of rotatable bonds is 7. The Balaban J connectivity index is 1.45. The average Bonchev–Trinajstić information content (AvgIpc) is 3.28. The highest BCUT2D eigenvalue weighted by molar-refractivity contribution is 8.00. The molecule has 2 aromatic carbocycles. The van der Waals surface area contributed by atoms with E-state index in [1.54, 1.807) is 24.0 Å². The zero-order chi connectivity index (χ0) is 30.6. The molecular weight excluding hydrogens is 574 g/mol. The number of hydrogen-bond donors (Lipinski definition) is 2. The SMILES string of the molecule is COC(=O)c1c(NC(=O)C(C)Sc2cccc(NC(=O)c3cccc(C)c3)c2)sc2c1CCN(C(=O)OC(C)(C)C)C2. The maximum absolute atomic E-state index is 13.3. The number of carbonyl (C=O) groups excluding carboxylic acids is 4. The van der Waals surface area contributed by atoms with Gasteiger partial charge in [-0.3, -0.25) is 9.59 Å². The minimum atomic E-state index is -0.622. The van der Waals surface area contributed by atoms with Crippen LogP contribution in [0, 0.1) is 6.92 Å². The lowest BCUT2D eigenvalue weighted by atomic mass is 10.0. The summed E-state index contributed by atoms with van der Waals surface area (Å²) < 4.78 is 10.5. The van der Waals surface area contributed by atoms with E-state index in [0.29, 0.717) is 34.8 Å². The average molecular weight is 610 g/mol. The van der Waals surface area contributed by atoms with Crippen molar-refractivity contribution in [3.05, 3.63) is 75.7 Å². The first kappa shape index (κ1) is 31.1. The van der Waals surface area contributed by atoms with Crippen molar-refractivity contribution in [2.24, 2.45) is 0 Å². The van der Waals surface area contributed by atoms with Crippen LogP contribution in [0.4, 0.5) is 15.5 Å². The van der Waals surface area contributed by atoms with Crippen LogP contribution in [0.15, 0.2) is 53.4 Å². The van der Waals surface area contributed by atoms with E-state index in [-0.39, 0.29) is 18.4 Å². The smallest absolute Gasteiger partial charge is 0.410 e. The Labute approximate surface area is 254 Å². The summed E-state index contributed by atoms with van der Waals surface area (Å²) in [5.74, 6) is -1.04. The Morgan fingerprint density at radius 1 is 1.05 bits per heavy atom.